The molecule has 2 aromatic rings. The van der Waals surface area contributed by atoms with Gasteiger partial charge in [-0.15, -0.1) is 0 Å². The summed E-state index contributed by atoms with van der Waals surface area (Å²) in [6, 6.07) is 9.00. The monoisotopic (exact) mass is 219 g/mol. The smallest absolute Gasteiger partial charge is 0.257 e. The predicted octanol–water partition coefficient (Wildman–Crippen LogP) is 2.46. The van der Waals surface area contributed by atoms with Crippen LogP contribution in [0.3, 0.4) is 0 Å². The van der Waals surface area contributed by atoms with Gasteiger partial charge in [-0.05, 0) is 24.3 Å². The van der Waals surface area contributed by atoms with E-state index in [1.807, 2.05) is 6.07 Å². The molecule has 15 heavy (non-hydrogen) atoms. The van der Waals surface area contributed by atoms with E-state index in [-0.39, 0.29) is 6.42 Å². The van der Waals surface area contributed by atoms with E-state index in [2.05, 4.69) is 10.1 Å². The molecule has 0 aliphatic heterocycles. The number of benzene rings is 1. The Labute approximate surface area is 91.1 Å². The van der Waals surface area contributed by atoms with Gasteiger partial charge in [0.1, 0.15) is 0 Å². The van der Waals surface area contributed by atoms with Gasteiger partial charge >= 0.3 is 0 Å². The Bertz CT molecular complexity index is 498. The fourth-order valence-corrected chi connectivity index (χ4v) is 1.23. The highest BCUT2D eigenvalue weighted by atomic mass is 35.5. The largest absolute Gasteiger partial charge is 0.334 e. The summed E-state index contributed by atoms with van der Waals surface area (Å²) < 4.78 is 4.99. The van der Waals surface area contributed by atoms with E-state index >= 15 is 0 Å². The molecule has 0 bridgehead atoms. The number of rotatable bonds is 2. The van der Waals surface area contributed by atoms with Crippen molar-refractivity contribution in [2.24, 2.45) is 0 Å². The van der Waals surface area contributed by atoms with E-state index in [1.165, 1.54) is 0 Å². The van der Waals surface area contributed by atoms with Gasteiger partial charge in [-0.2, -0.15) is 10.2 Å². The van der Waals surface area contributed by atoms with E-state index in [4.69, 9.17) is 21.4 Å². The second kappa shape index (κ2) is 4.11. The van der Waals surface area contributed by atoms with E-state index in [0.717, 1.165) is 5.56 Å². The Morgan fingerprint density at radius 3 is 2.73 bits per heavy atom. The van der Waals surface area contributed by atoms with Crippen LogP contribution in [-0.2, 0) is 6.42 Å². The quantitative estimate of drug-likeness (QED) is 0.778. The first-order valence-electron chi connectivity index (χ1n) is 4.25. The molecule has 4 nitrogen and oxygen atoms in total. The standard InChI is InChI=1S/C10H6ClN3O/c11-8-3-1-7(2-4-8)10-13-9(5-6-12)14-15-10/h1-4H,5H2. The van der Waals surface area contributed by atoms with Crippen molar-refractivity contribution in [1.29, 1.82) is 5.26 Å². The van der Waals surface area contributed by atoms with Gasteiger partial charge < -0.3 is 4.52 Å². The normalized spacial score (nSPS) is 9.87. The summed E-state index contributed by atoms with van der Waals surface area (Å²) in [5.41, 5.74) is 0.788. The first-order chi connectivity index (χ1) is 7.29. The Morgan fingerprint density at radius 1 is 1.33 bits per heavy atom. The lowest BCUT2D eigenvalue weighted by Crippen LogP contribution is -1.83. The summed E-state index contributed by atoms with van der Waals surface area (Å²) in [6.07, 6.45) is 0.150. The van der Waals surface area contributed by atoms with Crippen LogP contribution in [0.15, 0.2) is 28.8 Å². The number of hydrogen-bond donors (Lipinski definition) is 0. The maximum atomic E-state index is 8.45. The molecule has 0 unspecified atom stereocenters. The van der Waals surface area contributed by atoms with Crippen LogP contribution >= 0.6 is 11.6 Å². The molecule has 0 fully saturated rings. The Morgan fingerprint density at radius 2 is 2.07 bits per heavy atom. The summed E-state index contributed by atoms with van der Waals surface area (Å²) >= 11 is 5.74. The lowest BCUT2D eigenvalue weighted by atomic mass is 10.2. The number of aromatic nitrogens is 2. The number of nitriles is 1. The first kappa shape index (κ1) is 9.69. The zero-order valence-corrected chi connectivity index (χ0v) is 8.40. The molecule has 1 heterocycles. The van der Waals surface area contributed by atoms with Gasteiger partial charge in [-0.25, -0.2) is 0 Å². The van der Waals surface area contributed by atoms with Crippen LogP contribution in [0.1, 0.15) is 5.82 Å². The maximum absolute atomic E-state index is 8.45. The van der Waals surface area contributed by atoms with Gasteiger partial charge in [-0.3, -0.25) is 0 Å². The molecule has 0 aliphatic rings. The van der Waals surface area contributed by atoms with Gasteiger partial charge in [0.05, 0.1) is 12.5 Å². The van der Waals surface area contributed by atoms with Crippen LogP contribution in [0.4, 0.5) is 0 Å². The molecule has 0 saturated carbocycles. The van der Waals surface area contributed by atoms with Crippen LogP contribution in [0.25, 0.3) is 11.5 Å². The summed E-state index contributed by atoms with van der Waals surface area (Å²) in [4.78, 5) is 4.06. The van der Waals surface area contributed by atoms with Crippen molar-refractivity contribution in [2.45, 2.75) is 6.42 Å². The van der Waals surface area contributed by atoms with Gasteiger partial charge in [0.15, 0.2) is 5.82 Å². The number of nitrogens with zero attached hydrogens (tertiary/aromatic N) is 3. The van der Waals surface area contributed by atoms with Crippen molar-refractivity contribution in [1.82, 2.24) is 10.1 Å². The molecule has 1 aromatic carbocycles. The highest BCUT2D eigenvalue weighted by Crippen LogP contribution is 2.19. The van der Waals surface area contributed by atoms with Crippen molar-refractivity contribution in [2.75, 3.05) is 0 Å². The molecule has 0 saturated heterocycles. The van der Waals surface area contributed by atoms with E-state index in [0.29, 0.717) is 16.7 Å². The highest BCUT2D eigenvalue weighted by molar-refractivity contribution is 6.30. The van der Waals surface area contributed by atoms with Gasteiger partial charge in [-0.1, -0.05) is 16.8 Å². The highest BCUT2D eigenvalue weighted by Gasteiger charge is 2.07. The molecule has 0 N–H and O–H groups in total. The topological polar surface area (TPSA) is 62.7 Å². The molecule has 0 aliphatic carbocycles. The van der Waals surface area contributed by atoms with Crippen molar-refractivity contribution in [3.63, 3.8) is 0 Å². The molecule has 5 heteroatoms. The molecule has 0 radical (unpaired) electrons. The molecule has 2 rings (SSSR count). The second-order valence-electron chi connectivity index (χ2n) is 2.86. The van der Waals surface area contributed by atoms with Crippen molar-refractivity contribution >= 4 is 11.6 Å². The van der Waals surface area contributed by atoms with Gasteiger partial charge in [0, 0.05) is 10.6 Å². The minimum atomic E-state index is 0.150. The number of halogens is 1. The Hall–Kier alpha value is -1.86. The van der Waals surface area contributed by atoms with Crippen molar-refractivity contribution in [3.8, 4) is 17.5 Å². The Balaban J connectivity index is 2.30. The maximum Gasteiger partial charge on any atom is 0.257 e. The summed E-state index contributed by atoms with van der Waals surface area (Å²) in [6.45, 7) is 0. The van der Waals surface area contributed by atoms with Crippen LogP contribution in [0.5, 0.6) is 0 Å². The molecular weight excluding hydrogens is 214 g/mol. The number of hydrogen-bond acceptors (Lipinski definition) is 4. The minimum absolute atomic E-state index is 0.150. The fraction of sp³-hybridized carbons (Fsp3) is 0.100. The molecule has 0 spiro atoms. The average Bonchev–Trinajstić information content (AvgIpc) is 2.68. The molecular formula is C10H6ClN3O. The zero-order chi connectivity index (χ0) is 10.7. The molecule has 0 amide bonds. The first-order valence-corrected chi connectivity index (χ1v) is 4.63. The molecule has 0 atom stereocenters. The Kier molecular flexibility index (Phi) is 2.66. The molecule has 74 valence electrons. The van der Waals surface area contributed by atoms with E-state index in [9.17, 15) is 0 Å². The SMILES string of the molecule is N#CCc1noc(-c2ccc(Cl)cc2)n1. The third kappa shape index (κ3) is 2.14. The fourth-order valence-electron chi connectivity index (χ4n) is 1.11. The summed E-state index contributed by atoms with van der Waals surface area (Å²) in [5.74, 6) is 0.791. The zero-order valence-electron chi connectivity index (χ0n) is 7.64. The van der Waals surface area contributed by atoms with E-state index in [1.54, 1.807) is 24.3 Å². The van der Waals surface area contributed by atoms with E-state index < -0.39 is 0 Å². The van der Waals surface area contributed by atoms with Crippen molar-refractivity contribution in [3.05, 3.63) is 35.1 Å². The van der Waals surface area contributed by atoms with Gasteiger partial charge in [0.25, 0.3) is 5.89 Å². The minimum Gasteiger partial charge on any atom is -0.334 e. The third-order valence-corrected chi connectivity index (χ3v) is 2.05. The van der Waals surface area contributed by atoms with Crippen LogP contribution < -0.4 is 0 Å². The summed E-state index contributed by atoms with van der Waals surface area (Å²) in [5, 5.41) is 12.8. The second-order valence-corrected chi connectivity index (χ2v) is 3.29. The summed E-state index contributed by atoms with van der Waals surface area (Å²) in [7, 11) is 0. The van der Waals surface area contributed by atoms with Gasteiger partial charge in [0.2, 0.25) is 0 Å². The molecule has 1 aromatic heterocycles. The van der Waals surface area contributed by atoms with Crippen LogP contribution in [0.2, 0.25) is 5.02 Å². The predicted molar refractivity (Wildman–Crippen MR) is 54.1 cm³/mol. The van der Waals surface area contributed by atoms with Crippen molar-refractivity contribution < 1.29 is 4.52 Å². The van der Waals surface area contributed by atoms with Crippen LogP contribution in [-0.4, -0.2) is 10.1 Å². The third-order valence-electron chi connectivity index (χ3n) is 1.80. The lowest BCUT2D eigenvalue weighted by molar-refractivity contribution is 0.424. The lowest BCUT2D eigenvalue weighted by Gasteiger charge is -1.92. The average molecular weight is 220 g/mol. The van der Waals surface area contributed by atoms with Crippen LogP contribution in [0, 0.1) is 11.3 Å².